The zero-order valence-corrected chi connectivity index (χ0v) is 22.8. The summed E-state index contributed by atoms with van der Waals surface area (Å²) in [6, 6.07) is 17.7. The summed E-state index contributed by atoms with van der Waals surface area (Å²) in [6.45, 7) is 8.53. The summed E-state index contributed by atoms with van der Waals surface area (Å²) in [5.74, 6) is -3.98. The van der Waals surface area contributed by atoms with Crippen LogP contribution < -0.4 is 24.0 Å². The Kier molecular flexibility index (Phi) is 20.6. The van der Waals surface area contributed by atoms with Crippen LogP contribution in [-0.4, -0.2) is 49.3 Å². The van der Waals surface area contributed by atoms with Gasteiger partial charge in [-0.2, -0.15) is 0 Å². The normalized spacial score (nSPS) is 9.92. The fourth-order valence-electron chi connectivity index (χ4n) is 2.47. The Balaban J connectivity index is 0. The van der Waals surface area contributed by atoms with E-state index in [1.54, 1.807) is 51.1 Å². The molecule has 0 heterocycles. The van der Waals surface area contributed by atoms with Gasteiger partial charge in [0.2, 0.25) is 0 Å². The minimum Gasteiger partial charge on any atom is -0.867 e. The molecule has 38 heavy (non-hydrogen) atoms. The molecule has 0 aliphatic rings. The van der Waals surface area contributed by atoms with Crippen LogP contribution in [0.2, 0.25) is 0 Å². The predicted molar refractivity (Wildman–Crippen MR) is 134 cm³/mol. The van der Waals surface area contributed by atoms with Gasteiger partial charge in [-0.3, -0.25) is 9.59 Å². The van der Waals surface area contributed by atoms with E-state index in [4.69, 9.17) is 0 Å². The van der Waals surface area contributed by atoms with E-state index in [0.717, 1.165) is 5.56 Å². The molecule has 0 fully saturated rings. The summed E-state index contributed by atoms with van der Waals surface area (Å²) in [5, 5.41) is 11.5. The molecule has 0 amide bonds. The molecule has 0 N–H and O–H groups in total. The summed E-state index contributed by atoms with van der Waals surface area (Å²) in [7, 11) is 0. The Morgan fingerprint density at radius 1 is 0.632 bits per heavy atom. The number of Topliss-reactive ketones (excluding diaryl/α,β-unsaturated/α-hetero) is 2. The van der Waals surface area contributed by atoms with Crippen molar-refractivity contribution in [2.24, 2.45) is 0 Å². The van der Waals surface area contributed by atoms with Crippen molar-refractivity contribution in [3.8, 4) is 0 Å². The van der Waals surface area contributed by atoms with Crippen molar-refractivity contribution < 1.29 is 62.2 Å². The predicted octanol–water partition coefficient (Wildman–Crippen LogP) is 0.463. The third-order valence-electron chi connectivity index (χ3n) is 4.31. The van der Waals surface area contributed by atoms with E-state index >= 15 is 0 Å². The van der Waals surface area contributed by atoms with Crippen molar-refractivity contribution in [1.82, 2.24) is 0 Å². The molecule has 0 saturated carbocycles. The van der Waals surface area contributed by atoms with E-state index < -0.39 is 29.5 Å². The molecule has 0 radical (unpaired) electrons. The van der Waals surface area contributed by atoms with Gasteiger partial charge in [0.05, 0.1) is 19.8 Å². The van der Waals surface area contributed by atoms with Gasteiger partial charge in [-0.25, -0.2) is 14.4 Å². The molecule has 0 saturated heterocycles. The Labute approximate surface area is 235 Å². The Hall–Kier alpha value is -3.67. The van der Waals surface area contributed by atoms with Crippen molar-refractivity contribution in [1.29, 1.82) is 0 Å². The van der Waals surface area contributed by atoms with Gasteiger partial charge in [0.1, 0.15) is 0 Å². The molecule has 2 aromatic carbocycles. The molecule has 0 aliphatic carbocycles. The summed E-state index contributed by atoms with van der Waals surface area (Å²) in [6.07, 6.45) is 0.587. The number of allylic oxidation sites excluding steroid dienone is 1. The Bertz CT molecular complexity index is 1030. The molecule has 0 bridgehead atoms. The van der Waals surface area contributed by atoms with Gasteiger partial charge in [-0.1, -0.05) is 67.6 Å². The van der Waals surface area contributed by atoms with Gasteiger partial charge in [-0.15, -0.1) is 0 Å². The first-order chi connectivity index (χ1) is 17.6. The third kappa shape index (κ3) is 14.2. The molecule has 2 rings (SSSR count). The van der Waals surface area contributed by atoms with Gasteiger partial charge < -0.3 is 19.3 Å². The number of ether oxygens (including phenoxy) is 3. The van der Waals surface area contributed by atoms with E-state index in [2.05, 4.69) is 14.2 Å². The van der Waals surface area contributed by atoms with E-state index in [0.29, 0.717) is 12.0 Å². The van der Waals surface area contributed by atoms with Crippen LogP contribution in [0.15, 0.2) is 72.0 Å². The first-order valence-electron chi connectivity index (χ1n) is 11.7. The van der Waals surface area contributed by atoms with E-state index in [9.17, 15) is 29.1 Å². The van der Waals surface area contributed by atoms with Crippen LogP contribution in [0.5, 0.6) is 0 Å². The second-order valence-electron chi connectivity index (χ2n) is 6.95. The number of esters is 3. The second-order valence-corrected chi connectivity index (χ2v) is 6.95. The maximum Gasteiger partial charge on any atom is 1.00 e. The summed E-state index contributed by atoms with van der Waals surface area (Å²) < 4.78 is 13.2. The number of carbonyl (C=O) groups is 5. The van der Waals surface area contributed by atoms with Gasteiger partial charge in [0, 0.05) is 17.5 Å². The number of rotatable bonds is 8. The van der Waals surface area contributed by atoms with Crippen molar-refractivity contribution in [3.05, 3.63) is 83.1 Å². The zero-order chi connectivity index (χ0) is 28.2. The Morgan fingerprint density at radius 3 is 1.37 bits per heavy atom. The average Bonchev–Trinajstić information content (AvgIpc) is 2.93. The van der Waals surface area contributed by atoms with Crippen LogP contribution in [0.4, 0.5) is 0 Å². The maximum absolute atomic E-state index is 11.8. The van der Waals surface area contributed by atoms with Crippen molar-refractivity contribution >= 4 is 29.5 Å². The first-order valence-corrected chi connectivity index (χ1v) is 11.7. The summed E-state index contributed by atoms with van der Waals surface area (Å²) in [5.41, 5.74) is 1.06. The number of hydrogen-bond donors (Lipinski definition) is 0. The molecule has 0 unspecified atom stereocenters. The molecule has 9 nitrogen and oxygen atoms in total. The first kappa shape index (κ1) is 36.5. The molecule has 10 heteroatoms. The Morgan fingerprint density at radius 2 is 1.00 bits per heavy atom. The monoisotopic (exact) mass is 520 g/mol. The number of hydrogen-bond acceptors (Lipinski definition) is 9. The van der Waals surface area contributed by atoms with E-state index in [1.165, 1.54) is 6.92 Å². The summed E-state index contributed by atoms with van der Waals surface area (Å²) >= 11 is 0. The average molecular weight is 521 g/mol. The van der Waals surface area contributed by atoms with E-state index in [-0.39, 0.29) is 50.0 Å². The van der Waals surface area contributed by atoms with Crippen LogP contribution in [0.3, 0.4) is 0 Å². The van der Waals surface area contributed by atoms with Crippen LogP contribution in [-0.2, 0) is 28.6 Å². The molecular formula is C28H33LiO9. The van der Waals surface area contributed by atoms with E-state index in [1.807, 2.05) is 37.3 Å². The molecular weight excluding hydrogens is 487 g/mol. The quantitative estimate of drug-likeness (QED) is 0.0925. The van der Waals surface area contributed by atoms with Gasteiger partial charge >= 0.3 is 36.8 Å². The number of ketones is 2. The largest absolute Gasteiger partial charge is 1.00 e. The zero-order valence-electron chi connectivity index (χ0n) is 22.8. The van der Waals surface area contributed by atoms with Crippen LogP contribution in [0.1, 0.15) is 61.8 Å². The standard InChI is InChI=1S/C13H14O4.C9H10O.C6H10O4.Li/c1-3-17-13(16)12(15)9(2)11(14)10-7-5-4-6-8-10;1-2-9(10)8-6-4-3-5-7-8;1-3-9-5(7)6(8)10-4-2;/h4-8,15H,3H2,1-2H3;3-7H,2H2,1H3;3-4H2,1-2H3;/q;;;+1/p-1/b12-9-;;;. The van der Waals surface area contributed by atoms with Crippen LogP contribution in [0.25, 0.3) is 0 Å². The topological polar surface area (TPSA) is 136 Å². The third-order valence-corrected chi connectivity index (χ3v) is 4.31. The number of carbonyl (C=O) groups excluding carboxylic acids is 5. The molecule has 0 atom stereocenters. The fourth-order valence-corrected chi connectivity index (χ4v) is 2.47. The van der Waals surface area contributed by atoms with Crippen molar-refractivity contribution in [2.45, 2.75) is 41.0 Å². The maximum atomic E-state index is 11.8. The fraction of sp³-hybridized carbons (Fsp3) is 0.321. The molecule has 0 aromatic heterocycles. The molecule has 2 aromatic rings. The van der Waals surface area contributed by atoms with Crippen molar-refractivity contribution in [3.63, 3.8) is 0 Å². The smallest absolute Gasteiger partial charge is 0.867 e. The minimum absolute atomic E-state index is 0. The molecule has 0 spiro atoms. The van der Waals surface area contributed by atoms with Crippen LogP contribution in [0, 0.1) is 0 Å². The minimum atomic E-state index is -0.991. The van der Waals surface area contributed by atoms with Gasteiger partial charge in [-0.05, 0) is 39.0 Å². The van der Waals surface area contributed by atoms with Gasteiger partial charge in [0.15, 0.2) is 11.6 Å². The summed E-state index contributed by atoms with van der Waals surface area (Å²) in [4.78, 5) is 54.9. The molecule has 0 aliphatic heterocycles. The van der Waals surface area contributed by atoms with Gasteiger partial charge in [0.25, 0.3) is 0 Å². The second kappa shape index (κ2) is 21.4. The number of benzene rings is 2. The van der Waals surface area contributed by atoms with Crippen molar-refractivity contribution in [2.75, 3.05) is 19.8 Å². The SMILES string of the molecule is CCC(=O)c1ccccc1.CCOC(=O)/C([O-])=C(\C)C(=O)c1ccccc1.CCOC(=O)C(=O)OCC.[Li+]. The van der Waals surface area contributed by atoms with Crippen LogP contribution >= 0.6 is 0 Å². The molecule has 200 valence electrons.